The molecule has 0 heterocycles. The lowest BCUT2D eigenvalue weighted by atomic mass is 10.2. The number of benzene rings is 1. The molecule has 5 nitrogen and oxygen atoms in total. The van der Waals surface area contributed by atoms with Crippen LogP contribution in [0, 0.1) is 0 Å². The van der Waals surface area contributed by atoms with E-state index in [-0.39, 0.29) is 5.97 Å². The zero-order chi connectivity index (χ0) is 14.5. The third kappa shape index (κ3) is 5.99. The van der Waals surface area contributed by atoms with Gasteiger partial charge < -0.3 is 20.9 Å². The number of rotatable bonds is 5. The summed E-state index contributed by atoms with van der Waals surface area (Å²) in [6.45, 7) is 5.97. The molecule has 0 radical (unpaired) electrons. The predicted molar refractivity (Wildman–Crippen MR) is 75.8 cm³/mol. The van der Waals surface area contributed by atoms with Crippen molar-refractivity contribution >= 4 is 17.3 Å². The number of carbonyl (C=O) groups excluding carboxylic acids is 1. The van der Waals surface area contributed by atoms with Gasteiger partial charge in [0.25, 0.3) is 0 Å². The first-order valence-electron chi connectivity index (χ1n) is 6.27. The van der Waals surface area contributed by atoms with Crippen molar-refractivity contribution in [1.29, 1.82) is 0 Å². The van der Waals surface area contributed by atoms with E-state index in [1.54, 1.807) is 18.2 Å². The van der Waals surface area contributed by atoms with Gasteiger partial charge >= 0.3 is 5.97 Å². The van der Waals surface area contributed by atoms with Gasteiger partial charge in [-0.15, -0.1) is 0 Å². The molecule has 0 spiro atoms. The van der Waals surface area contributed by atoms with Gasteiger partial charge in [0.15, 0.2) is 0 Å². The largest absolute Gasteiger partial charge is 0.494 e. The zero-order valence-corrected chi connectivity index (χ0v) is 11.7. The molecule has 0 aliphatic rings. The van der Waals surface area contributed by atoms with Gasteiger partial charge in [-0.05, 0) is 39.3 Å². The highest BCUT2D eigenvalue weighted by atomic mass is 16.6. The summed E-state index contributed by atoms with van der Waals surface area (Å²) < 4.78 is 10.7. The highest BCUT2D eigenvalue weighted by Gasteiger charge is 2.15. The van der Waals surface area contributed by atoms with E-state index in [1.807, 2.05) is 20.8 Å². The molecule has 0 aliphatic carbocycles. The lowest BCUT2D eigenvalue weighted by Gasteiger charge is -2.19. The van der Waals surface area contributed by atoms with Crippen LogP contribution in [0.1, 0.15) is 33.6 Å². The van der Waals surface area contributed by atoms with Gasteiger partial charge in [0, 0.05) is 12.5 Å². The Balaban J connectivity index is 2.27. The topological polar surface area (TPSA) is 87.6 Å². The Kier molecular flexibility index (Phi) is 5.03. The molecule has 0 saturated heterocycles. The fourth-order valence-electron chi connectivity index (χ4n) is 1.44. The Bertz CT molecular complexity index is 439. The molecule has 0 aromatic heterocycles. The Morgan fingerprint density at radius 3 is 2.47 bits per heavy atom. The molecule has 106 valence electrons. The minimum Gasteiger partial charge on any atom is -0.494 e. The van der Waals surface area contributed by atoms with Crippen molar-refractivity contribution in [3.63, 3.8) is 0 Å². The van der Waals surface area contributed by atoms with Gasteiger partial charge in [-0.2, -0.15) is 0 Å². The van der Waals surface area contributed by atoms with Crippen LogP contribution >= 0.6 is 0 Å². The first-order chi connectivity index (χ1) is 8.78. The van der Waals surface area contributed by atoms with Crippen molar-refractivity contribution in [2.75, 3.05) is 18.1 Å². The van der Waals surface area contributed by atoms with Gasteiger partial charge in [0.05, 0.1) is 18.0 Å². The van der Waals surface area contributed by atoms with Crippen LogP contribution < -0.4 is 16.2 Å². The third-order valence-corrected chi connectivity index (χ3v) is 2.27. The Morgan fingerprint density at radius 2 is 1.89 bits per heavy atom. The summed E-state index contributed by atoms with van der Waals surface area (Å²) in [4.78, 5) is 11.5. The first kappa shape index (κ1) is 15.1. The maximum absolute atomic E-state index is 11.5. The number of nitrogen functional groups attached to an aromatic ring is 2. The minimum absolute atomic E-state index is 0.215. The SMILES string of the molecule is CC(C)(C)OC(=O)CCCOc1ccc(N)c(N)c1. The molecule has 4 N–H and O–H groups in total. The Morgan fingerprint density at radius 1 is 1.21 bits per heavy atom. The van der Waals surface area contributed by atoms with Crippen molar-refractivity contribution < 1.29 is 14.3 Å². The van der Waals surface area contributed by atoms with Crippen LogP contribution in [-0.2, 0) is 9.53 Å². The second kappa shape index (κ2) is 6.31. The molecule has 5 heteroatoms. The molecule has 19 heavy (non-hydrogen) atoms. The predicted octanol–water partition coefficient (Wildman–Crippen LogP) is 2.35. The smallest absolute Gasteiger partial charge is 0.306 e. The molecular formula is C14H22N2O3. The summed E-state index contributed by atoms with van der Waals surface area (Å²) in [7, 11) is 0. The standard InChI is InChI=1S/C14H22N2O3/c1-14(2,3)19-13(17)5-4-8-18-10-6-7-11(15)12(16)9-10/h6-7,9H,4-5,8,15-16H2,1-3H3. The Labute approximate surface area is 113 Å². The number of hydrogen-bond acceptors (Lipinski definition) is 5. The molecule has 0 unspecified atom stereocenters. The van der Waals surface area contributed by atoms with Crippen LogP contribution in [0.3, 0.4) is 0 Å². The number of anilines is 2. The van der Waals surface area contributed by atoms with Crippen molar-refractivity contribution in [2.45, 2.75) is 39.2 Å². The van der Waals surface area contributed by atoms with Gasteiger partial charge in [-0.3, -0.25) is 4.79 Å². The van der Waals surface area contributed by atoms with Gasteiger partial charge in [-0.25, -0.2) is 0 Å². The average Bonchev–Trinajstić information content (AvgIpc) is 2.27. The lowest BCUT2D eigenvalue weighted by molar-refractivity contribution is -0.155. The summed E-state index contributed by atoms with van der Waals surface area (Å²) in [5.74, 6) is 0.434. The summed E-state index contributed by atoms with van der Waals surface area (Å²) >= 11 is 0. The molecule has 0 fully saturated rings. The molecule has 1 aromatic rings. The fraction of sp³-hybridized carbons (Fsp3) is 0.500. The van der Waals surface area contributed by atoms with E-state index in [2.05, 4.69) is 0 Å². The molecule has 0 bridgehead atoms. The van der Waals surface area contributed by atoms with Crippen LogP contribution in [-0.4, -0.2) is 18.2 Å². The zero-order valence-electron chi connectivity index (χ0n) is 11.7. The minimum atomic E-state index is -0.441. The fourth-order valence-corrected chi connectivity index (χ4v) is 1.44. The van der Waals surface area contributed by atoms with E-state index in [0.717, 1.165) is 0 Å². The molecule has 1 aromatic carbocycles. The highest BCUT2D eigenvalue weighted by Crippen LogP contribution is 2.21. The van der Waals surface area contributed by atoms with E-state index in [9.17, 15) is 4.79 Å². The molecule has 0 aliphatic heterocycles. The van der Waals surface area contributed by atoms with Gasteiger partial charge in [0.2, 0.25) is 0 Å². The second-order valence-electron chi connectivity index (χ2n) is 5.33. The third-order valence-electron chi connectivity index (χ3n) is 2.27. The average molecular weight is 266 g/mol. The first-order valence-corrected chi connectivity index (χ1v) is 6.27. The number of carbonyl (C=O) groups is 1. The second-order valence-corrected chi connectivity index (χ2v) is 5.33. The maximum atomic E-state index is 11.5. The van der Waals surface area contributed by atoms with E-state index >= 15 is 0 Å². The summed E-state index contributed by atoms with van der Waals surface area (Å²) in [6, 6.07) is 5.11. The Hall–Kier alpha value is -1.91. The van der Waals surface area contributed by atoms with E-state index in [1.165, 1.54) is 0 Å². The highest BCUT2D eigenvalue weighted by molar-refractivity contribution is 5.69. The summed E-state index contributed by atoms with van der Waals surface area (Å²) in [6.07, 6.45) is 0.931. The van der Waals surface area contributed by atoms with Crippen LogP contribution in [0.2, 0.25) is 0 Å². The number of hydrogen-bond donors (Lipinski definition) is 2. The molecule has 0 saturated carbocycles. The molecule has 0 amide bonds. The normalized spacial score (nSPS) is 11.1. The van der Waals surface area contributed by atoms with Crippen molar-refractivity contribution in [3.05, 3.63) is 18.2 Å². The summed E-state index contributed by atoms with van der Waals surface area (Å²) in [5, 5.41) is 0. The summed E-state index contributed by atoms with van der Waals surface area (Å²) in [5.41, 5.74) is 11.8. The maximum Gasteiger partial charge on any atom is 0.306 e. The number of esters is 1. The monoisotopic (exact) mass is 266 g/mol. The van der Waals surface area contributed by atoms with Crippen molar-refractivity contribution in [2.24, 2.45) is 0 Å². The van der Waals surface area contributed by atoms with Crippen molar-refractivity contribution in [1.82, 2.24) is 0 Å². The lowest BCUT2D eigenvalue weighted by Crippen LogP contribution is -2.23. The van der Waals surface area contributed by atoms with Crippen LogP contribution in [0.4, 0.5) is 11.4 Å². The quantitative estimate of drug-likeness (QED) is 0.485. The van der Waals surface area contributed by atoms with Crippen LogP contribution in [0.15, 0.2) is 18.2 Å². The number of nitrogens with two attached hydrogens (primary N) is 2. The van der Waals surface area contributed by atoms with E-state index in [0.29, 0.717) is 36.6 Å². The van der Waals surface area contributed by atoms with E-state index < -0.39 is 5.60 Å². The van der Waals surface area contributed by atoms with E-state index in [4.69, 9.17) is 20.9 Å². The molecular weight excluding hydrogens is 244 g/mol. The molecule has 1 rings (SSSR count). The van der Waals surface area contributed by atoms with Crippen molar-refractivity contribution in [3.8, 4) is 5.75 Å². The van der Waals surface area contributed by atoms with Gasteiger partial charge in [-0.1, -0.05) is 0 Å². The number of ether oxygens (including phenoxy) is 2. The molecule has 0 atom stereocenters. The van der Waals surface area contributed by atoms with Gasteiger partial charge in [0.1, 0.15) is 11.4 Å². The van der Waals surface area contributed by atoms with Crippen LogP contribution in [0.5, 0.6) is 5.75 Å². The van der Waals surface area contributed by atoms with Crippen LogP contribution in [0.25, 0.3) is 0 Å².